The molecule has 1 heterocycles. The van der Waals surface area contributed by atoms with E-state index in [1.54, 1.807) is 0 Å². The van der Waals surface area contributed by atoms with Crippen LogP contribution >= 0.6 is 0 Å². The zero-order chi connectivity index (χ0) is 14.8. The second-order valence-corrected chi connectivity index (χ2v) is 6.94. The number of hydrogen-bond donors (Lipinski definition) is 1. The number of anilines is 2. The van der Waals surface area contributed by atoms with Gasteiger partial charge in [0.2, 0.25) is 0 Å². The lowest BCUT2D eigenvalue weighted by molar-refractivity contribution is 0.241. The van der Waals surface area contributed by atoms with Crippen molar-refractivity contribution in [1.29, 1.82) is 0 Å². The highest BCUT2D eigenvalue weighted by atomic mass is 15.3. The molecule has 0 amide bonds. The molecule has 3 atom stereocenters. The number of nitrogens with two attached hydrogens (primary N) is 1. The predicted octanol–water partition coefficient (Wildman–Crippen LogP) is 3.10. The van der Waals surface area contributed by atoms with Gasteiger partial charge in [0.1, 0.15) is 0 Å². The topological polar surface area (TPSA) is 32.5 Å². The molecule has 116 valence electrons. The van der Waals surface area contributed by atoms with Gasteiger partial charge < -0.3 is 15.5 Å². The van der Waals surface area contributed by atoms with Crippen molar-refractivity contribution in [3.8, 4) is 0 Å². The Bertz CT molecular complexity index is 473. The summed E-state index contributed by atoms with van der Waals surface area (Å²) < 4.78 is 0. The van der Waals surface area contributed by atoms with Crippen molar-refractivity contribution in [2.45, 2.75) is 38.6 Å². The molecular weight excluding hydrogens is 258 g/mol. The second kappa shape index (κ2) is 6.27. The first-order valence-corrected chi connectivity index (χ1v) is 8.47. The Morgan fingerprint density at radius 3 is 2.67 bits per heavy atom. The van der Waals surface area contributed by atoms with Crippen molar-refractivity contribution in [3.63, 3.8) is 0 Å². The summed E-state index contributed by atoms with van der Waals surface area (Å²) in [5, 5.41) is 0. The smallest absolute Gasteiger partial charge is 0.0607 e. The van der Waals surface area contributed by atoms with Gasteiger partial charge in [0.25, 0.3) is 0 Å². The maximum absolute atomic E-state index is 6.22. The van der Waals surface area contributed by atoms with Gasteiger partial charge in [-0.3, -0.25) is 0 Å². The zero-order valence-electron chi connectivity index (χ0n) is 13.5. The van der Waals surface area contributed by atoms with E-state index in [4.69, 9.17) is 5.73 Å². The maximum Gasteiger partial charge on any atom is 0.0607 e. The fourth-order valence-electron chi connectivity index (χ4n) is 4.28. The van der Waals surface area contributed by atoms with Crippen LogP contribution in [0.4, 0.5) is 11.4 Å². The summed E-state index contributed by atoms with van der Waals surface area (Å²) in [6, 6.07) is 9.29. The summed E-state index contributed by atoms with van der Waals surface area (Å²) >= 11 is 0. The molecule has 1 aromatic rings. The highest BCUT2D eigenvalue weighted by Crippen LogP contribution is 2.38. The molecule has 1 aliphatic heterocycles. The Hall–Kier alpha value is -1.22. The predicted molar refractivity (Wildman–Crippen MR) is 91.0 cm³/mol. The van der Waals surface area contributed by atoms with Gasteiger partial charge in [0, 0.05) is 32.7 Å². The summed E-state index contributed by atoms with van der Waals surface area (Å²) in [7, 11) is 2.19. The van der Waals surface area contributed by atoms with Gasteiger partial charge in [-0.15, -0.1) is 0 Å². The zero-order valence-corrected chi connectivity index (χ0v) is 13.5. The van der Waals surface area contributed by atoms with Crippen molar-refractivity contribution < 1.29 is 0 Å². The van der Waals surface area contributed by atoms with Crippen LogP contribution in [0.2, 0.25) is 0 Å². The van der Waals surface area contributed by atoms with E-state index in [-0.39, 0.29) is 0 Å². The molecule has 0 bridgehead atoms. The Balaban J connectivity index is 1.86. The largest absolute Gasteiger partial charge is 0.371 e. The Labute approximate surface area is 129 Å². The molecule has 2 N–H and O–H groups in total. The monoisotopic (exact) mass is 287 g/mol. The van der Waals surface area contributed by atoms with E-state index in [0.29, 0.717) is 6.04 Å². The van der Waals surface area contributed by atoms with E-state index in [9.17, 15) is 0 Å². The minimum Gasteiger partial charge on any atom is -0.371 e. The van der Waals surface area contributed by atoms with E-state index in [2.05, 4.69) is 48.0 Å². The molecular formula is C18H29N3. The Kier molecular flexibility index (Phi) is 4.39. The lowest BCUT2D eigenvalue weighted by atomic mass is 9.78. The third-order valence-electron chi connectivity index (χ3n) is 5.44. The van der Waals surface area contributed by atoms with Crippen LogP contribution in [0.15, 0.2) is 24.3 Å². The van der Waals surface area contributed by atoms with Crippen LogP contribution in [0.1, 0.15) is 32.6 Å². The molecule has 3 unspecified atom stereocenters. The molecule has 0 radical (unpaired) electrons. The molecule has 0 spiro atoms. The quantitative estimate of drug-likeness (QED) is 0.927. The summed E-state index contributed by atoms with van der Waals surface area (Å²) in [6.07, 6.45) is 5.46. The number of benzene rings is 1. The minimum absolute atomic E-state index is 0.502. The molecule has 2 aliphatic rings. The van der Waals surface area contributed by atoms with Crippen LogP contribution in [0, 0.1) is 11.8 Å². The molecule has 3 rings (SSSR count). The van der Waals surface area contributed by atoms with Gasteiger partial charge in [-0.2, -0.15) is 0 Å². The normalized spacial score (nSPS) is 27.4. The first-order chi connectivity index (χ1) is 10.2. The lowest BCUT2D eigenvalue weighted by Crippen LogP contribution is -2.52. The van der Waals surface area contributed by atoms with Crippen molar-refractivity contribution in [1.82, 2.24) is 0 Å². The van der Waals surface area contributed by atoms with Crippen LogP contribution in [-0.4, -0.2) is 32.7 Å². The van der Waals surface area contributed by atoms with Crippen molar-refractivity contribution >= 4 is 11.4 Å². The average Bonchev–Trinajstić information content (AvgIpc) is 2.51. The SMILES string of the molecule is CC1CCCC(C(CN)N2CCN(C)c3ccccc32)C1. The van der Waals surface area contributed by atoms with Gasteiger partial charge in [-0.05, 0) is 36.8 Å². The first kappa shape index (κ1) is 14.7. The Morgan fingerprint density at radius 2 is 1.95 bits per heavy atom. The number of likely N-dealkylation sites (N-methyl/N-ethyl adjacent to an activating group) is 1. The minimum atomic E-state index is 0.502. The van der Waals surface area contributed by atoms with Crippen LogP contribution in [-0.2, 0) is 0 Å². The van der Waals surface area contributed by atoms with Gasteiger partial charge in [0.05, 0.1) is 11.4 Å². The highest BCUT2D eigenvalue weighted by Gasteiger charge is 2.33. The van der Waals surface area contributed by atoms with E-state index in [1.165, 1.54) is 37.1 Å². The van der Waals surface area contributed by atoms with E-state index in [0.717, 1.165) is 31.5 Å². The van der Waals surface area contributed by atoms with Crippen LogP contribution in [0.3, 0.4) is 0 Å². The molecule has 1 fully saturated rings. The average molecular weight is 287 g/mol. The molecule has 3 heteroatoms. The molecule has 1 aliphatic carbocycles. The van der Waals surface area contributed by atoms with Crippen LogP contribution < -0.4 is 15.5 Å². The maximum atomic E-state index is 6.22. The fourth-order valence-corrected chi connectivity index (χ4v) is 4.28. The number of rotatable bonds is 3. The van der Waals surface area contributed by atoms with Crippen molar-refractivity contribution in [2.24, 2.45) is 17.6 Å². The van der Waals surface area contributed by atoms with Gasteiger partial charge in [0.15, 0.2) is 0 Å². The second-order valence-electron chi connectivity index (χ2n) is 6.94. The summed E-state index contributed by atoms with van der Waals surface area (Å²) in [4.78, 5) is 4.96. The van der Waals surface area contributed by atoms with Crippen LogP contribution in [0.5, 0.6) is 0 Å². The summed E-state index contributed by atoms with van der Waals surface area (Å²) in [5.41, 5.74) is 8.94. The molecule has 21 heavy (non-hydrogen) atoms. The molecule has 1 aromatic carbocycles. The fraction of sp³-hybridized carbons (Fsp3) is 0.667. The van der Waals surface area contributed by atoms with E-state index >= 15 is 0 Å². The number of nitrogens with zero attached hydrogens (tertiary/aromatic N) is 2. The molecule has 1 saturated carbocycles. The standard InChI is InChI=1S/C18H29N3/c1-14-6-5-7-15(12-14)18(13-19)21-11-10-20(2)16-8-3-4-9-17(16)21/h3-4,8-9,14-15,18H,5-7,10-13,19H2,1-2H3. The third kappa shape index (κ3) is 2.89. The molecule has 0 aromatic heterocycles. The molecule has 0 saturated heterocycles. The third-order valence-corrected chi connectivity index (χ3v) is 5.44. The number of hydrogen-bond acceptors (Lipinski definition) is 3. The lowest BCUT2D eigenvalue weighted by Gasteiger charge is -2.45. The summed E-state index contributed by atoms with van der Waals surface area (Å²) in [5.74, 6) is 1.62. The Morgan fingerprint density at radius 1 is 1.19 bits per heavy atom. The number of fused-ring (bicyclic) bond motifs is 1. The number of para-hydroxylation sites is 2. The van der Waals surface area contributed by atoms with E-state index < -0.39 is 0 Å². The van der Waals surface area contributed by atoms with E-state index in [1.807, 2.05) is 0 Å². The molecule has 3 nitrogen and oxygen atoms in total. The van der Waals surface area contributed by atoms with Gasteiger partial charge in [-0.25, -0.2) is 0 Å². The highest BCUT2D eigenvalue weighted by molar-refractivity contribution is 5.73. The van der Waals surface area contributed by atoms with Gasteiger partial charge in [-0.1, -0.05) is 31.9 Å². The van der Waals surface area contributed by atoms with Crippen LogP contribution in [0.25, 0.3) is 0 Å². The van der Waals surface area contributed by atoms with Crippen molar-refractivity contribution in [2.75, 3.05) is 36.5 Å². The van der Waals surface area contributed by atoms with Gasteiger partial charge >= 0.3 is 0 Å². The first-order valence-electron chi connectivity index (χ1n) is 8.47. The summed E-state index contributed by atoms with van der Waals surface area (Å²) in [6.45, 7) is 5.36. The van der Waals surface area contributed by atoms with Crippen molar-refractivity contribution in [3.05, 3.63) is 24.3 Å².